The lowest BCUT2D eigenvalue weighted by Crippen LogP contribution is -2.50. The lowest BCUT2D eigenvalue weighted by atomic mass is 10.1. The van der Waals surface area contributed by atoms with Gasteiger partial charge in [0.15, 0.2) is 0 Å². The van der Waals surface area contributed by atoms with Crippen molar-refractivity contribution in [1.29, 1.82) is 0 Å². The van der Waals surface area contributed by atoms with Crippen LogP contribution in [-0.2, 0) is 20.5 Å². The van der Waals surface area contributed by atoms with Gasteiger partial charge in [0.25, 0.3) is 5.56 Å². The highest BCUT2D eigenvalue weighted by Crippen LogP contribution is 2.14. The molecule has 0 radical (unpaired) electrons. The number of piperazine rings is 1. The highest BCUT2D eigenvalue weighted by molar-refractivity contribution is 5.85. The molecule has 1 aliphatic heterocycles. The van der Waals surface area contributed by atoms with E-state index in [0.29, 0.717) is 31.9 Å². The quantitative estimate of drug-likeness (QED) is 0.725. The van der Waals surface area contributed by atoms with Crippen molar-refractivity contribution < 1.29 is 4.39 Å². The van der Waals surface area contributed by atoms with Gasteiger partial charge in [-0.15, -0.1) is 12.4 Å². The normalized spacial score (nSPS) is 15.9. The smallest absolute Gasteiger partial charge is 0.332 e. The van der Waals surface area contributed by atoms with E-state index in [0.717, 1.165) is 29.6 Å². The molecule has 0 spiro atoms. The van der Waals surface area contributed by atoms with Gasteiger partial charge in [-0.05, 0) is 18.4 Å². The molecule has 2 heterocycles. The summed E-state index contributed by atoms with van der Waals surface area (Å²) in [7, 11) is 3.15. The second-order valence-electron chi connectivity index (χ2n) is 7.15. The molecule has 8 heteroatoms. The topological polar surface area (TPSA) is 50.5 Å². The van der Waals surface area contributed by atoms with E-state index in [2.05, 4.69) is 4.90 Å². The first-order chi connectivity index (χ1) is 13.0. The van der Waals surface area contributed by atoms with Crippen LogP contribution in [0.4, 0.5) is 10.2 Å². The fourth-order valence-electron chi connectivity index (χ4n) is 3.52. The molecule has 1 saturated heterocycles. The van der Waals surface area contributed by atoms with E-state index in [-0.39, 0.29) is 23.7 Å². The van der Waals surface area contributed by atoms with E-state index in [9.17, 15) is 14.0 Å². The Labute approximate surface area is 170 Å². The number of alkyl halides is 1. The van der Waals surface area contributed by atoms with Crippen LogP contribution in [0.25, 0.3) is 0 Å². The Morgan fingerprint density at radius 3 is 2.29 bits per heavy atom. The van der Waals surface area contributed by atoms with Gasteiger partial charge in [-0.2, -0.15) is 0 Å². The monoisotopic (exact) mass is 410 g/mol. The molecule has 0 amide bonds. The van der Waals surface area contributed by atoms with Crippen LogP contribution in [0, 0.1) is 0 Å². The lowest BCUT2D eigenvalue weighted by Gasteiger charge is -2.37. The number of hydrogen-bond donors (Lipinski definition) is 0. The number of nitrogens with zero attached hydrogens (tertiary/aromatic N) is 4. The number of anilines is 1. The van der Waals surface area contributed by atoms with Crippen LogP contribution in [0.3, 0.4) is 0 Å². The minimum absolute atomic E-state index is 0. The molecule has 6 nitrogen and oxygen atoms in total. The number of benzene rings is 1. The summed E-state index contributed by atoms with van der Waals surface area (Å²) in [6.07, 6.45) is 0.412. The molecule has 28 heavy (non-hydrogen) atoms. The standard InChI is InChI=1S/C20H27FN4O2.ClH/c1-22-18(14-19(26)23(2)20(22)27)25-12-10-24(11-13-25)15-17(21)9-8-16-6-4-3-5-7-16;/h3-7,14,17H,8-13,15H2,1-2H3;1H. The second kappa shape index (κ2) is 9.89. The van der Waals surface area contributed by atoms with E-state index in [1.165, 1.54) is 17.7 Å². The predicted molar refractivity (Wildman–Crippen MR) is 112 cm³/mol. The summed E-state index contributed by atoms with van der Waals surface area (Å²) < 4.78 is 17.0. The molecule has 154 valence electrons. The van der Waals surface area contributed by atoms with Gasteiger partial charge < -0.3 is 4.90 Å². The van der Waals surface area contributed by atoms with Crippen molar-refractivity contribution in [2.45, 2.75) is 19.0 Å². The Kier molecular flexibility index (Phi) is 7.83. The number of aromatic nitrogens is 2. The van der Waals surface area contributed by atoms with Crippen molar-refractivity contribution in [2.75, 3.05) is 37.6 Å². The van der Waals surface area contributed by atoms with Crippen molar-refractivity contribution >= 4 is 18.2 Å². The van der Waals surface area contributed by atoms with Crippen LogP contribution < -0.4 is 16.1 Å². The van der Waals surface area contributed by atoms with Crippen molar-refractivity contribution in [3.8, 4) is 0 Å². The summed E-state index contributed by atoms with van der Waals surface area (Å²) in [5.74, 6) is 0.628. The largest absolute Gasteiger partial charge is 0.355 e. The molecule has 0 N–H and O–H groups in total. The van der Waals surface area contributed by atoms with Crippen molar-refractivity contribution in [3.05, 3.63) is 62.8 Å². The SMILES string of the molecule is Cl.Cn1c(N2CCN(CC(F)CCc3ccccc3)CC2)cc(=O)n(C)c1=O. The maximum absolute atomic E-state index is 14.4. The average Bonchev–Trinajstić information content (AvgIpc) is 2.69. The summed E-state index contributed by atoms with van der Waals surface area (Å²) in [5.41, 5.74) is 0.529. The molecule has 3 rings (SSSR count). The first kappa shape index (κ1) is 22.2. The highest BCUT2D eigenvalue weighted by Gasteiger charge is 2.22. The Balaban J connectivity index is 0.00000280. The van der Waals surface area contributed by atoms with Gasteiger partial charge in [0, 0.05) is 52.9 Å². The summed E-state index contributed by atoms with van der Waals surface area (Å²) in [5, 5.41) is 0. The fraction of sp³-hybridized carbons (Fsp3) is 0.500. The van der Waals surface area contributed by atoms with E-state index >= 15 is 0 Å². The van der Waals surface area contributed by atoms with Crippen molar-refractivity contribution in [1.82, 2.24) is 14.0 Å². The number of hydrogen-bond acceptors (Lipinski definition) is 4. The zero-order valence-corrected chi connectivity index (χ0v) is 17.2. The molecular weight excluding hydrogens is 383 g/mol. The number of halogens is 2. The third-order valence-corrected chi connectivity index (χ3v) is 5.24. The van der Waals surface area contributed by atoms with Gasteiger partial charge in [0.05, 0.1) is 0 Å². The average molecular weight is 411 g/mol. The van der Waals surface area contributed by atoms with Crippen LogP contribution in [0.5, 0.6) is 0 Å². The highest BCUT2D eigenvalue weighted by atomic mass is 35.5. The molecule has 1 aromatic carbocycles. The van der Waals surface area contributed by atoms with Gasteiger partial charge in [0.2, 0.25) is 0 Å². The summed E-state index contributed by atoms with van der Waals surface area (Å²) >= 11 is 0. The minimum atomic E-state index is -0.856. The maximum atomic E-state index is 14.4. The minimum Gasteiger partial charge on any atom is -0.355 e. The Hall–Kier alpha value is -2.12. The van der Waals surface area contributed by atoms with Gasteiger partial charge in [-0.1, -0.05) is 30.3 Å². The molecule has 2 aromatic rings. The molecular formula is C20H28ClFN4O2. The van der Waals surface area contributed by atoms with E-state index in [1.807, 2.05) is 35.2 Å². The maximum Gasteiger partial charge on any atom is 0.332 e. The molecule has 1 atom stereocenters. The van der Waals surface area contributed by atoms with E-state index in [4.69, 9.17) is 0 Å². The molecule has 0 bridgehead atoms. The zero-order chi connectivity index (χ0) is 19.4. The summed E-state index contributed by atoms with van der Waals surface area (Å²) in [6, 6.07) is 11.5. The molecule has 1 unspecified atom stereocenters. The molecule has 0 aliphatic carbocycles. The Morgan fingerprint density at radius 1 is 1.00 bits per heavy atom. The predicted octanol–water partition coefficient (Wildman–Crippen LogP) is 1.60. The Bertz CT molecular complexity index is 876. The first-order valence-electron chi connectivity index (χ1n) is 9.38. The third kappa shape index (κ3) is 5.23. The van der Waals surface area contributed by atoms with Crippen molar-refractivity contribution in [2.24, 2.45) is 14.1 Å². The van der Waals surface area contributed by atoms with Crippen LogP contribution in [-0.4, -0.2) is 52.9 Å². The molecule has 0 saturated carbocycles. The van der Waals surface area contributed by atoms with E-state index < -0.39 is 6.17 Å². The van der Waals surface area contributed by atoms with Gasteiger partial charge in [-0.25, -0.2) is 9.18 Å². The molecule has 1 fully saturated rings. The van der Waals surface area contributed by atoms with Gasteiger partial charge in [0.1, 0.15) is 12.0 Å². The third-order valence-electron chi connectivity index (χ3n) is 5.24. The van der Waals surface area contributed by atoms with Gasteiger partial charge >= 0.3 is 5.69 Å². The lowest BCUT2D eigenvalue weighted by molar-refractivity contribution is 0.176. The van der Waals surface area contributed by atoms with Crippen LogP contribution in [0.15, 0.2) is 46.0 Å². The van der Waals surface area contributed by atoms with Crippen molar-refractivity contribution in [3.63, 3.8) is 0 Å². The summed E-state index contributed by atoms with van der Waals surface area (Å²) in [4.78, 5) is 28.1. The second-order valence-corrected chi connectivity index (χ2v) is 7.15. The number of aryl methyl sites for hydroxylation is 1. The van der Waals surface area contributed by atoms with E-state index in [1.54, 1.807) is 7.05 Å². The molecule has 1 aromatic heterocycles. The number of rotatable bonds is 6. The summed E-state index contributed by atoms with van der Waals surface area (Å²) in [6.45, 7) is 3.21. The fourth-order valence-corrected chi connectivity index (χ4v) is 3.52. The first-order valence-corrected chi connectivity index (χ1v) is 9.38. The zero-order valence-electron chi connectivity index (χ0n) is 16.4. The van der Waals surface area contributed by atoms with Gasteiger partial charge in [-0.3, -0.25) is 18.8 Å². The molecule has 1 aliphatic rings. The van der Waals surface area contributed by atoms with Crippen LogP contribution in [0.2, 0.25) is 0 Å². The Morgan fingerprint density at radius 2 is 1.64 bits per heavy atom. The van der Waals surface area contributed by atoms with Crippen LogP contribution in [0.1, 0.15) is 12.0 Å². The van der Waals surface area contributed by atoms with Crippen LogP contribution >= 0.6 is 12.4 Å².